The minimum atomic E-state index is -5.12. The summed E-state index contributed by atoms with van der Waals surface area (Å²) in [6.45, 7) is 3.28. The number of aliphatic hydroxyl groups excluding tert-OH is 5. The molecular weight excluding hydrogens is 828 g/mol. The van der Waals surface area contributed by atoms with Crippen LogP contribution in [-0.4, -0.2) is 98.3 Å². The van der Waals surface area contributed by atoms with Crippen LogP contribution in [0.5, 0.6) is 0 Å². The Kier molecular flexibility index (Phi) is 36.8. The fraction of sp³-hybridized carbons (Fsp3) is 0.837. The molecule has 6 unspecified atom stereocenters. The number of phosphoric ester groups is 1. The van der Waals surface area contributed by atoms with Crippen molar-refractivity contribution in [3.63, 3.8) is 0 Å². The number of esters is 2. The maximum absolute atomic E-state index is 12.8. The number of aliphatic hydroxyl groups is 5. The predicted molar refractivity (Wildman–Crippen MR) is 249 cm³/mol. The number of hydrogen-bond donors (Lipinski definition) is 6. The quantitative estimate of drug-likeness (QED) is 0.0146. The standard InChI is InChI=1S/C49H89O13P/c1-3-5-7-9-11-13-15-17-19-21-23-25-27-29-31-33-35-37-42(50)59-39-41(40-60-63(57,58)62-49-47(55)45(53)44(52)46(54)48(49)56)61-43(51)38-36-34-32-30-28-26-24-22-20-18-16-14-12-10-8-6-4-2/h12,14,17-20,41,44-49,52-56H,3-11,13,15-16,21-40H2,1-2H3,(H,57,58)/b14-12-,19-17-,20-18-/t41-,44?,45-,46?,47?,48?,49?/m1/s1. The van der Waals surface area contributed by atoms with Crippen LogP contribution in [0.1, 0.15) is 206 Å². The van der Waals surface area contributed by atoms with Gasteiger partial charge >= 0.3 is 19.8 Å². The van der Waals surface area contributed by atoms with Gasteiger partial charge in [-0.3, -0.25) is 18.6 Å². The van der Waals surface area contributed by atoms with E-state index >= 15 is 0 Å². The number of rotatable bonds is 41. The lowest BCUT2D eigenvalue weighted by atomic mass is 9.85. The summed E-state index contributed by atoms with van der Waals surface area (Å²) in [5, 5.41) is 50.2. The van der Waals surface area contributed by atoms with Gasteiger partial charge in [-0.05, 0) is 70.6 Å². The van der Waals surface area contributed by atoms with Crippen molar-refractivity contribution in [2.24, 2.45) is 0 Å². The van der Waals surface area contributed by atoms with E-state index in [-0.39, 0.29) is 12.8 Å². The Hall–Kier alpha value is -1.93. The van der Waals surface area contributed by atoms with E-state index in [9.17, 15) is 44.6 Å². The molecule has 0 aliphatic heterocycles. The molecule has 1 rings (SSSR count). The zero-order valence-electron chi connectivity index (χ0n) is 39.1. The summed E-state index contributed by atoms with van der Waals surface area (Å²) in [6, 6.07) is 0. The molecule has 1 saturated carbocycles. The Morgan fingerprint density at radius 3 is 1.33 bits per heavy atom. The van der Waals surface area contributed by atoms with Gasteiger partial charge in [-0.25, -0.2) is 4.57 Å². The van der Waals surface area contributed by atoms with E-state index in [1.807, 2.05) is 0 Å². The maximum Gasteiger partial charge on any atom is 0.472 e. The van der Waals surface area contributed by atoms with Crippen molar-refractivity contribution in [3.8, 4) is 0 Å². The van der Waals surface area contributed by atoms with Crippen LogP contribution < -0.4 is 0 Å². The van der Waals surface area contributed by atoms with Crippen LogP contribution in [0.2, 0.25) is 0 Å². The highest BCUT2D eigenvalue weighted by molar-refractivity contribution is 7.47. The molecule has 14 heteroatoms. The molecule has 0 bridgehead atoms. The van der Waals surface area contributed by atoms with E-state index in [0.29, 0.717) is 12.8 Å². The number of allylic oxidation sites excluding steroid dienone is 6. The van der Waals surface area contributed by atoms with Gasteiger partial charge in [0.15, 0.2) is 6.10 Å². The highest BCUT2D eigenvalue weighted by Gasteiger charge is 2.51. The number of phosphoric acid groups is 1. The van der Waals surface area contributed by atoms with Crippen LogP contribution >= 0.6 is 7.82 Å². The van der Waals surface area contributed by atoms with Crippen LogP contribution in [0, 0.1) is 0 Å². The summed E-state index contributed by atoms with van der Waals surface area (Å²) in [5.74, 6) is -1.11. The van der Waals surface area contributed by atoms with Crippen molar-refractivity contribution < 1.29 is 63.1 Å². The molecule has 63 heavy (non-hydrogen) atoms. The average Bonchev–Trinajstić information content (AvgIpc) is 3.26. The van der Waals surface area contributed by atoms with E-state index in [4.69, 9.17) is 18.5 Å². The fourth-order valence-corrected chi connectivity index (χ4v) is 8.40. The largest absolute Gasteiger partial charge is 0.472 e. The molecule has 1 aliphatic rings. The van der Waals surface area contributed by atoms with Gasteiger partial charge in [0.2, 0.25) is 0 Å². The first kappa shape index (κ1) is 59.1. The molecule has 0 radical (unpaired) electrons. The summed E-state index contributed by atoms with van der Waals surface area (Å²) in [5.41, 5.74) is 0. The molecule has 0 aromatic carbocycles. The van der Waals surface area contributed by atoms with Crippen LogP contribution in [0.3, 0.4) is 0 Å². The molecule has 368 valence electrons. The Morgan fingerprint density at radius 2 is 0.857 bits per heavy atom. The molecular formula is C49H89O13P. The second kappa shape index (κ2) is 39.3. The summed E-state index contributed by atoms with van der Waals surface area (Å²) < 4.78 is 33.6. The predicted octanol–water partition coefficient (Wildman–Crippen LogP) is 10.2. The number of carbonyl (C=O) groups excluding carboxylic acids is 2. The Morgan fingerprint density at radius 1 is 0.492 bits per heavy atom. The van der Waals surface area contributed by atoms with Gasteiger partial charge in [0.1, 0.15) is 43.2 Å². The van der Waals surface area contributed by atoms with Crippen molar-refractivity contribution in [2.75, 3.05) is 13.2 Å². The van der Waals surface area contributed by atoms with E-state index in [0.717, 1.165) is 89.9 Å². The lowest BCUT2D eigenvalue weighted by Gasteiger charge is -2.41. The van der Waals surface area contributed by atoms with Crippen LogP contribution in [0.4, 0.5) is 0 Å². The highest BCUT2D eigenvalue weighted by atomic mass is 31.2. The smallest absolute Gasteiger partial charge is 0.462 e. The minimum absolute atomic E-state index is 0.0874. The van der Waals surface area contributed by atoms with Crippen LogP contribution in [-0.2, 0) is 32.7 Å². The number of unbranched alkanes of at least 4 members (excludes halogenated alkanes) is 23. The van der Waals surface area contributed by atoms with E-state index in [2.05, 4.69) is 50.3 Å². The first-order chi connectivity index (χ1) is 30.4. The third kappa shape index (κ3) is 31.6. The molecule has 0 saturated heterocycles. The van der Waals surface area contributed by atoms with Gasteiger partial charge in [-0.1, -0.05) is 159 Å². The Balaban J connectivity index is 2.43. The van der Waals surface area contributed by atoms with Crippen molar-refractivity contribution in [1.29, 1.82) is 0 Å². The zero-order chi connectivity index (χ0) is 46.4. The topological polar surface area (TPSA) is 210 Å². The molecule has 0 heterocycles. The second-order valence-corrected chi connectivity index (χ2v) is 18.7. The Labute approximate surface area is 380 Å². The molecule has 6 N–H and O–H groups in total. The minimum Gasteiger partial charge on any atom is -0.462 e. The number of hydrogen-bond acceptors (Lipinski definition) is 12. The van der Waals surface area contributed by atoms with Gasteiger partial charge in [0.25, 0.3) is 0 Å². The Bertz CT molecular complexity index is 1240. The van der Waals surface area contributed by atoms with Crippen molar-refractivity contribution in [1.82, 2.24) is 0 Å². The highest BCUT2D eigenvalue weighted by Crippen LogP contribution is 2.47. The van der Waals surface area contributed by atoms with Crippen molar-refractivity contribution in [2.45, 2.75) is 249 Å². The third-order valence-electron chi connectivity index (χ3n) is 11.5. The van der Waals surface area contributed by atoms with Crippen molar-refractivity contribution >= 4 is 19.8 Å². The summed E-state index contributed by atoms with van der Waals surface area (Å²) in [7, 11) is -5.12. The molecule has 0 aromatic rings. The number of ether oxygens (including phenoxy) is 2. The molecule has 13 nitrogen and oxygen atoms in total. The molecule has 0 spiro atoms. The van der Waals surface area contributed by atoms with Gasteiger partial charge < -0.3 is 39.9 Å². The summed E-state index contributed by atoms with van der Waals surface area (Å²) in [6.07, 6.45) is 31.8. The average molecular weight is 917 g/mol. The lowest BCUT2D eigenvalue weighted by molar-refractivity contribution is -0.220. The first-order valence-corrected chi connectivity index (χ1v) is 26.3. The van der Waals surface area contributed by atoms with Gasteiger partial charge in [0, 0.05) is 12.8 Å². The summed E-state index contributed by atoms with van der Waals surface area (Å²) in [4.78, 5) is 35.8. The van der Waals surface area contributed by atoms with Gasteiger partial charge in [0.05, 0.1) is 6.61 Å². The lowest BCUT2D eigenvalue weighted by Crippen LogP contribution is -2.64. The fourth-order valence-electron chi connectivity index (χ4n) is 7.43. The maximum atomic E-state index is 12.8. The number of carbonyl (C=O) groups is 2. The van der Waals surface area contributed by atoms with E-state index in [1.54, 1.807) is 0 Å². The normalized spacial score (nSPS) is 22.0. The van der Waals surface area contributed by atoms with E-state index < -0.39 is 75.7 Å². The monoisotopic (exact) mass is 917 g/mol. The molecule has 1 fully saturated rings. The third-order valence-corrected chi connectivity index (χ3v) is 12.4. The first-order valence-electron chi connectivity index (χ1n) is 24.8. The van der Waals surface area contributed by atoms with Crippen LogP contribution in [0.25, 0.3) is 0 Å². The van der Waals surface area contributed by atoms with Gasteiger partial charge in [-0.2, -0.15) is 0 Å². The molecule has 1 aliphatic carbocycles. The summed E-state index contributed by atoms with van der Waals surface area (Å²) >= 11 is 0. The molecule has 8 atom stereocenters. The van der Waals surface area contributed by atoms with Crippen molar-refractivity contribution in [3.05, 3.63) is 36.5 Å². The van der Waals surface area contributed by atoms with Crippen LogP contribution in [0.15, 0.2) is 36.5 Å². The second-order valence-electron chi connectivity index (χ2n) is 17.3. The molecule has 0 aromatic heterocycles. The zero-order valence-corrected chi connectivity index (χ0v) is 40.0. The van der Waals surface area contributed by atoms with E-state index in [1.165, 1.54) is 77.0 Å². The van der Waals surface area contributed by atoms with Gasteiger partial charge in [-0.15, -0.1) is 0 Å². The SMILES string of the molecule is CCCCC/C=C\C/C=C\CCCCCCCCCC(=O)O[C@H](COC(=O)CCCCCCCCC/C=C\CCCCCCCC)COP(=O)(O)OC1C(O)C(O)C(O)[C@@H](O)C1O. The molecule has 0 amide bonds.